The van der Waals surface area contributed by atoms with Crippen LogP contribution in [0.1, 0.15) is 24.4 Å². The Morgan fingerprint density at radius 1 is 1.50 bits per heavy atom. The minimum absolute atomic E-state index is 0. The lowest BCUT2D eigenvalue weighted by molar-refractivity contribution is 0.171. The monoisotopic (exact) mass is 271 g/mol. The van der Waals surface area contributed by atoms with Gasteiger partial charge in [0.25, 0.3) is 0 Å². The van der Waals surface area contributed by atoms with Crippen LogP contribution in [0.2, 0.25) is 0 Å². The Hall–Kier alpha value is -1.39. The first-order valence-corrected chi connectivity index (χ1v) is 5.60. The summed E-state index contributed by atoms with van der Waals surface area (Å²) in [6, 6.07) is 3.77. The van der Waals surface area contributed by atoms with Crippen LogP contribution in [-0.4, -0.2) is 13.9 Å². The highest BCUT2D eigenvalue weighted by atomic mass is 35.5. The molecule has 0 saturated heterocycles. The van der Waals surface area contributed by atoms with Crippen LogP contribution in [0.15, 0.2) is 24.8 Å². The molecular formula is C13H18ClNO3. The van der Waals surface area contributed by atoms with E-state index >= 15 is 0 Å². The van der Waals surface area contributed by atoms with E-state index in [1.165, 1.54) is 0 Å². The molecule has 1 aliphatic heterocycles. The van der Waals surface area contributed by atoms with Gasteiger partial charge in [0.15, 0.2) is 11.5 Å². The second kappa shape index (κ2) is 6.52. The minimum atomic E-state index is -0.0450. The molecule has 0 bridgehead atoms. The molecule has 18 heavy (non-hydrogen) atoms. The van der Waals surface area contributed by atoms with Gasteiger partial charge in [0.05, 0.1) is 7.11 Å². The molecular weight excluding hydrogens is 254 g/mol. The summed E-state index contributed by atoms with van der Waals surface area (Å²) in [5.41, 5.74) is 7.09. The van der Waals surface area contributed by atoms with Crippen LogP contribution in [0.5, 0.6) is 17.2 Å². The van der Waals surface area contributed by atoms with E-state index in [1.54, 1.807) is 7.11 Å². The zero-order valence-corrected chi connectivity index (χ0v) is 11.2. The van der Waals surface area contributed by atoms with Crippen molar-refractivity contribution in [2.75, 3.05) is 13.9 Å². The largest absolute Gasteiger partial charge is 0.493 e. The molecule has 100 valence electrons. The topological polar surface area (TPSA) is 53.7 Å². The van der Waals surface area contributed by atoms with Crippen LogP contribution >= 0.6 is 12.4 Å². The van der Waals surface area contributed by atoms with Gasteiger partial charge in [-0.2, -0.15) is 0 Å². The highest BCUT2D eigenvalue weighted by Gasteiger charge is 2.21. The molecule has 0 amide bonds. The van der Waals surface area contributed by atoms with Gasteiger partial charge < -0.3 is 19.9 Å². The minimum Gasteiger partial charge on any atom is -0.493 e. The summed E-state index contributed by atoms with van der Waals surface area (Å²) in [4.78, 5) is 0. The van der Waals surface area contributed by atoms with Gasteiger partial charge in [0, 0.05) is 6.04 Å². The van der Waals surface area contributed by atoms with E-state index in [9.17, 15) is 0 Å². The average molecular weight is 272 g/mol. The van der Waals surface area contributed by atoms with Crippen LogP contribution in [0.4, 0.5) is 0 Å². The van der Waals surface area contributed by atoms with Crippen molar-refractivity contribution in [1.29, 1.82) is 0 Å². The third-order valence-electron chi connectivity index (χ3n) is 2.79. The van der Waals surface area contributed by atoms with Crippen LogP contribution in [0, 0.1) is 0 Å². The number of ether oxygens (including phenoxy) is 3. The number of hydrogen-bond acceptors (Lipinski definition) is 4. The lowest BCUT2D eigenvalue weighted by Gasteiger charge is -2.13. The van der Waals surface area contributed by atoms with E-state index in [4.69, 9.17) is 19.9 Å². The third kappa shape index (κ3) is 2.89. The van der Waals surface area contributed by atoms with Gasteiger partial charge in [0.1, 0.15) is 0 Å². The summed E-state index contributed by atoms with van der Waals surface area (Å²) < 4.78 is 16.0. The first kappa shape index (κ1) is 14.7. The fourth-order valence-electron chi connectivity index (χ4n) is 1.83. The number of allylic oxidation sites excluding steroid dienone is 1. The Labute approximate surface area is 113 Å². The molecule has 1 aromatic carbocycles. The SMILES string of the molecule is C=CCC[C@H](N)c1cc(OC)c2c(c1)OCO2.Cl. The van der Waals surface area contributed by atoms with E-state index in [1.807, 2.05) is 18.2 Å². The Balaban J connectivity index is 0.00000162. The van der Waals surface area contributed by atoms with Crippen molar-refractivity contribution < 1.29 is 14.2 Å². The van der Waals surface area contributed by atoms with E-state index in [-0.39, 0.29) is 25.2 Å². The molecule has 0 spiro atoms. The Morgan fingerprint density at radius 2 is 2.28 bits per heavy atom. The Kier molecular flexibility index (Phi) is 5.31. The number of hydrogen-bond donors (Lipinski definition) is 1. The zero-order valence-electron chi connectivity index (χ0n) is 10.3. The third-order valence-corrected chi connectivity index (χ3v) is 2.79. The number of fused-ring (bicyclic) bond motifs is 1. The Morgan fingerprint density at radius 3 is 2.94 bits per heavy atom. The molecule has 1 atom stereocenters. The molecule has 5 heteroatoms. The van der Waals surface area contributed by atoms with Crippen LogP contribution in [-0.2, 0) is 0 Å². The van der Waals surface area contributed by atoms with Gasteiger partial charge in [-0.1, -0.05) is 6.08 Å². The van der Waals surface area contributed by atoms with Gasteiger partial charge in [0.2, 0.25) is 12.5 Å². The summed E-state index contributed by atoms with van der Waals surface area (Å²) in [6.45, 7) is 3.93. The van der Waals surface area contributed by atoms with Crippen LogP contribution < -0.4 is 19.9 Å². The maximum absolute atomic E-state index is 6.10. The number of methoxy groups -OCH3 is 1. The molecule has 1 heterocycles. The van der Waals surface area contributed by atoms with Gasteiger partial charge in [-0.15, -0.1) is 19.0 Å². The van der Waals surface area contributed by atoms with E-state index < -0.39 is 0 Å². The van der Waals surface area contributed by atoms with Crippen LogP contribution in [0.25, 0.3) is 0 Å². The molecule has 0 aromatic heterocycles. The van der Waals surface area contributed by atoms with Crippen molar-refractivity contribution in [1.82, 2.24) is 0 Å². The van der Waals surface area contributed by atoms with Gasteiger partial charge in [-0.3, -0.25) is 0 Å². The Bertz CT molecular complexity index is 423. The number of rotatable bonds is 5. The van der Waals surface area contributed by atoms with Crippen LogP contribution in [0.3, 0.4) is 0 Å². The molecule has 0 fully saturated rings. The summed E-state index contributed by atoms with van der Waals surface area (Å²) in [6.07, 6.45) is 3.61. The molecule has 0 unspecified atom stereocenters. The highest BCUT2D eigenvalue weighted by molar-refractivity contribution is 5.85. The maximum atomic E-state index is 6.10. The van der Waals surface area contributed by atoms with Crippen molar-refractivity contribution in [3.05, 3.63) is 30.4 Å². The molecule has 1 aromatic rings. The normalized spacial score (nSPS) is 13.7. The fourth-order valence-corrected chi connectivity index (χ4v) is 1.83. The van der Waals surface area contributed by atoms with Crippen molar-refractivity contribution in [3.63, 3.8) is 0 Å². The molecule has 0 radical (unpaired) electrons. The quantitative estimate of drug-likeness (QED) is 0.837. The molecule has 4 nitrogen and oxygen atoms in total. The lowest BCUT2D eigenvalue weighted by atomic mass is 10.0. The van der Waals surface area contributed by atoms with E-state index in [0.717, 1.165) is 18.4 Å². The molecule has 0 aliphatic carbocycles. The number of benzene rings is 1. The maximum Gasteiger partial charge on any atom is 0.231 e. The second-order valence-electron chi connectivity index (χ2n) is 3.93. The zero-order chi connectivity index (χ0) is 12.3. The van der Waals surface area contributed by atoms with E-state index in [0.29, 0.717) is 17.2 Å². The average Bonchev–Trinajstić information content (AvgIpc) is 2.82. The fraction of sp³-hybridized carbons (Fsp3) is 0.385. The summed E-state index contributed by atoms with van der Waals surface area (Å²) in [5.74, 6) is 2.03. The predicted molar refractivity (Wildman–Crippen MR) is 72.7 cm³/mol. The van der Waals surface area contributed by atoms with Crippen molar-refractivity contribution in [2.45, 2.75) is 18.9 Å². The predicted octanol–water partition coefficient (Wildman–Crippen LogP) is 2.81. The molecule has 1 aliphatic rings. The van der Waals surface area contributed by atoms with Crippen molar-refractivity contribution in [2.24, 2.45) is 5.73 Å². The number of nitrogens with two attached hydrogens (primary N) is 1. The van der Waals surface area contributed by atoms with Crippen molar-refractivity contribution in [3.8, 4) is 17.2 Å². The highest BCUT2D eigenvalue weighted by Crippen LogP contribution is 2.43. The molecule has 2 rings (SSSR count). The molecule has 0 saturated carbocycles. The van der Waals surface area contributed by atoms with Gasteiger partial charge in [-0.05, 0) is 30.5 Å². The first-order valence-electron chi connectivity index (χ1n) is 5.60. The standard InChI is InChI=1S/C13H17NO3.ClH/c1-3-4-5-10(14)9-6-11(15-2)13-12(7-9)16-8-17-13;/h3,6-7,10H,1,4-5,8,14H2,2H3;1H/t10-;/m0./s1. The summed E-state index contributed by atoms with van der Waals surface area (Å²) >= 11 is 0. The molecule has 2 N–H and O–H groups in total. The van der Waals surface area contributed by atoms with Gasteiger partial charge >= 0.3 is 0 Å². The van der Waals surface area contributed by atoms with E-state index in [2.05, 4.69) is 6.58 Å². The summed E-state index contributed by atoms with van der Waals surface area (Å²) in [5, 5.41) is 0. The number of halogens is 1. The lowest BCUT2D eigenvalue weighted by Crippen LogP contribution is -2.10. The first-order chi connectivity index (χ1) is 8.26. The van der Waals surface area contributed by atoms with Crippen molar-refractivity contribution >= 4 is 12.4 Å². The summed E-state index contributed by atoms with van der Waals surface area (Å²) in [7, 11) is 1.61. The smallest absolute Gasteiger partial charge is 0.231 e. The second-order valence-corrected chi connectivity index (χ2v) is 3.93. The van der Waals surface area contributed by atoms with Gasteiger partial charge in [-0.25, -0.2) is 0 Å².